The van der Waals surface area contributed by atoms with Crippen molar-refractivity contribution in [2.24, 2.45) is 0 Å². The second-order valence-electron chi connectivity index (χ2n) is 4.50. The van der Waals surface area contributed by atoms with Crippen molar-refractivity contribution in [1.29, 1.82) is 0 Å². The fourth-order valence-electron chi connectivity index (χ4n) is 2.02. The zero-order chi connectivity index (χ0) is 19.5. The molecule has 0 unspecified atom stereocenters. The molecule has 1 aromatic heterocycles. The lowest BCUT2D eigenvalue weighted by Gasteiger charge is -2.28. The van der Waals surface area contributed by atoms with Gasteiger partial charge >= 0.3 is 0 Å². The van der Waals surface area contributed by atoms with E-state index in [9.17, 15) is 13.2 Å². The Morgan fingerprint density at radius 3 is 2.24 bits per heavy atom. The molecule has 1 aromatic rings. The first-order valence-electron chi connectivity index (χ1n) is 8.27. The second-order valence-corrected chi connectivity index (χ2v) is 7.16. The maximum Gasteiger partial charge on any atom is 0.166 e. The van der Waals surface area contributed by atoms with Crippen LogP contribution in [0.5, 0.6) is 0 Å². The number of halogens is 1. The highest BCUT2D eigenvalue weighted by Crippen LogP contribution is 2.23. The summed E-state index contributed by atoms with van der Waals surface area (Å²) in [5.74, 6) is 0.575. The summed E-state index contributed by atoms with van der Waals surface area (Å²) in [6.45, 7) is 8.57. The van der Waals surface area contributed by atoms with Gasteiger partial charge < -0.3 is 10.2 Å². The van der Waals surface area contributed by atoms with Crippen molar-refractivity contribution in [3.63, 3.8) is 0 Å². The molecule has 0 amide bonds. The lowest BCUT2D eigenvalue weighted by Crippen LogP contribution is -2.39. The van der Waals surface area contributed by atoms with Crippen molar-refractivity contribution in [2.75, 3.05) is 37.0 Å². The molecule has 1 aliphatic heterocycles. The number of aldehydes is 1. The summed E-state index contributed by atoms with van der Waals surface area (Å²) < 4.78 is 22.9. The van der Waals surface area contributed by atoms with Crippen LogP contribution in [0, 0.1) is 0 Å². The average Bonchev–Trinajstić information content (AvgIpc) is 2.64. The minimum Gasteiger partial charge on any atom is -0.373 e. The van der Waals surface area contributed by atoms with Crippen molar-refractivity contribution < 1.29 is 13.2 Å². The number of nitrogens with zero attached hydrogens (tertiary/aromatic N) is 3. The normalized spacial score (nSPS) is 15.9. The highest BCUT2D eigenvalue weighted by Gasteiger charge is 2.23. The predicted octanol–water partition coefficient (Wildman–Crippen LogP) is 2.49. The average molecular weight is 391 g/mol. The van der Waals surface area contributed by atoms with E-state index < -0.39 is 9.84 Å². The van der Waals surface area contributed by atoms with E-state index in [2.05, 4.69) is 15.3 Å². The number of nitrogens with one attached hydrogen (secondary N) is 1. The number of sulfone groups is 1. The van der Waals surface area contributed by atoms with Gasteiger partial charge in [0, 0.05) is 20.1 Å². The molecule has 1 saturated heterocycles. The van der Waals surface area contributed by atoms with Crippen molar-refractivity contribution >= 4 is 39.6 Å². The molecule has 0 spiro atoms. The molecule has 1 aliphatic rings. The largest absolute Gasteiger partial charge is 0.373 e. The monoisotopic (exact) mass is 390 g/mol. The van der Waals surface area contributed by atoms with Gasteiger partial charge in [0.1, 0.15) is 17.3 Å². The van der Waals surface area contributed by atoms with Gasteiger partial charge in [0.2, 0.25) is 0 Å². The van der Waals surface area contributed by atoms with Crippen molar-refractivity contribution in [2.45, 2.75) is 27.7 Å². The Morgan fingerprint density at radius 2 is 1.76 bits per heavy atom. The van der Waals surface area contributed by atoms with Crippen LogP contribution in [0.3, 0.4) is 0 Å². The first kappa shape index (κ1) is 23.3. The first-order chi connectivity index (χ1) is 12.0. The van der Waals surface area contributed by atoms with E-state index >= 15 is 0 Å². The summed E-state index contributed by atoms with van der Waals surface area (Å²) >= 11 is 6.03. The van der Waals surface area contributed by atoms with E-state index in [0.29, 0.717) is 23.4 Å². The predicted molar refractivity (Wildman–Crippen MR) is 104 cm³/mol. The number of aromatic nitrogens is 2. The zero-order valence-corrected chi connectivity index (χ0v) is 17.0. The van der Waals surface area contributed by atoms with Crippen molar-refractivity contribution in [3.05, 3.63) is 22.7 Å². The van der Waals surface area contributed by atoms with Gasteiger partial charge in [-0.3, -0.25) is 4.79 Å². The molecular formula is C16H27ClN4O3S. The molecule has 9 heteroatoms. The molecule has 1 N–H and O–H groups in total. The molecule has 0 saturated carbocycles. The quantitative estimate of drug-likeness (QED) is 0.479. The third-order valence-electron chi connectivity index (χ3n) is 3.19. The smallest absolute Gasteiger partial charge is 0.166 e. The van der Waals surface area contributed by atoms with Crippen LogP contribution in [-0.4, -0.2) is 61.2 Å². The van der Waals surface area contributed by atoms with Crippen molar-refractivity contribution in [3.8, 4) is 0 Å². The highest BCUT2D eigenvalue weighted by atomic mass is 35.5. The number of rotatable bonds is 4. The molecular weight excluding hydrogens is 364 g/mol. The van der Waals surface area contributed by atoms with Crippen molar-refractivity contribution in [1.82, 2.24) is 14.9 Å². The molecule has 25 heavy (non-hydrogen) atoms. The Labute approximate surface area is 155 Å². The molecule has 2 heterocycles. The lowest BCUT2D eigenvalue weighted by atomic mass is 10.2. The molecule has 0 atom stereocenters. The fourth-order valence-corrected chi connectivity index (χ4v) is 3.41. The van der Waals surface area contributed by atoms with Gasteiger partial charge in [-0.25, -0.2) is 18.4 Å². The number of carbonyl (C=O) groups excluding carboxylic acids is 1. The Balaban J connectivity index is 0.00000134. The summed E-state index contributed by atoms with van der Waals surface area (Å²) in [4.78, 5) is 21.0. The molecule has 7 nitrogen and oxygen atoms in total. The van der Waals surface area contributed by atoms with Crippen LogP contribution in [0.25, 0.3) is 6.08 Å². The van der Waals surface area contributed by atoms with Gasteiger partial charge in [-0.2, -0.15) is 0 Å². The maximum atomic E-state index is 11.4. The van der Waals surface area contributed by atoms with Crippen LogP contribution in [0.4, 0.5) is 5.82 Å². The minimum atomic E-state index is -3.00. The van der Waals surface area contributed by atoms with Crippen LogP contribution in [0.15, 0.2) is 12.0 Å². The number of allylic oxidation sites excluding steroid dienone is 1. The summed E-state index contributed by atoms with van der Waals surface area (Å²) in [5.41, 5.74) is 0.857. The number of hydrogen-bond donors (Lipinski definition) is 1. The summed E-state index contributed by atoms with van der Waals surface area (Å²) in [5, 5.41) is 3.09. The molecule has 142 valence electrons. The van der Waals surface area contributed by atoms with E-state index in [1.807, 2.05) is 27.7 Å². The van der Waals surface area contributed by atoms with Gasteiger partial charge in [-0.1, -0.05) is 39.3 Å². The Morgan fingerprint density at radius 1 is 1.20 bits per heavy atom. The fraction of sp³-hybridized carbons (Fsp3) is 0.562. The molecule has 1 fully saturated rings. The molecule has 0 aromatic carbocycles. The molecule has 2 rings (SSSR count). The van der Waals surface area contributed by atoms with E-state index in [0.717, 1.165) is 0 Å². The van der Waals surface area contributed by atoms with Crippen LogP contribution < -0.4 is 5.32 Å². The topological polar surface area (TPSA) is 92.3 Å². The Kier molecular flexibility index (Phi) is 11.0. The number of hydrogen-bond acceptors (Lipinski definition) is 7. The Hall–Kier alpha value is -1.67. The second kappa shape index (κ2) is 11.8. The minimum absolute atomic E-state index is 0.0378. The van der Waals surface area contributed by atoms with Crippen LogP contribution in [0.1, 0.15) is 33.3 Å². The van der Waals surface area contributed by atoms with E-state index in [1.165, 1.54) is 6.33 Å². The SMILES string of the molecule is CC.CC.CNc1ncnc(Cl)c1/C=C(\C=O)N1CCS(=O)(=O)CC1. The van der Waals surface area contributed by atoms with Gasteiger partial charge in [-0.15, -0.1) is 0 Å². The Bertz CT molecular complexity index is 664. The molecule has 0 aliphatic carbocycles. The van der Waals surface area contributed by atoms with Crippen LogP contribution in [-0.2, 0) is 14.6 Å². The van der Waals surface area contributed by atoms with Gasteiger partial charge in [0.15, 0.2) is 16.1 Å². The van der Waals surface area contributed by atoms with E-state index in [1.54, 1.807) is 18.0 Å². The van der Waals surface area contributed by atoms with E-state index in [4.69, 9.17) is 11.6 Å². The van der Waals surface area contributed by atoms with Crippen LogP contribution in [0.2, 0.25) is 5.15 Å². The zero-order valence-electron chi connectivity index (χ0n) is 15.4. The maximum absolute atomic E-state index is 11.4. The molecule has 0 bridgehead atoms. The first-order valence-corrected chi connectivity index (χ1v) is 10.5. The van der Waals surface area contributed by atoms with E-state index in [-0.39, 0.29) is 29.7 Å². The highest BCUT2D eigenvalue weighted by molar-refractivity contribution is 7.91. The molecule has 0 radical (unpaired) electrons. The number of carbonyl (C=O) groups is 1. The summed E-state index contributed by atoms with van der Waals surface area (Å²) in [7, 11) is -1.31. The van der Waals surface area contributed by atoms with Gasteiger partial charge in [0.25, 0.3) is 0 Å². The summed E-state index contributed by atoms with van der Waals surface area (Å²) in [6, 6.07) is 0. The van der Waals surface area contributed by atoms with Gasteiger partial charge in [-0.05, 0) is 6.08 Å². The summed E-state index contributed by atoms with van der Waals surface area (Å²) in [6.07, 6.45) is 3.57. The standard InChI is InChI=1S/C12H15ClN4O3S.2C2H6/c1-14-12-10(11(13)15-8-16-12)6-9(7-18)17-2-4-21(19,20)5-3-17;2*1-2/h6-8H,2-5H2,1H3,(H,14,15,16);2*1-2H3/b9-6+;;. The third-order valence-corrected chi connectivity index (χ3v) is 5.10. The lowest BCUT2D eigenvalue weighted by molar-refractivity contribution is -0.106. The number of anilines is 1. The van der Waals surface area contributed by atoms with Gasteiger partial charge in [0.05, 0.1) is 22.8 Å². The third kappa shape index (κ3) is 6.99. The van der Waals surface area contributed by atoms with Crippen LogP contribution >= 0.6 is 11.6 Å².